The van der Waals surface area contributed by atoms with Crippen molar-refractivity contribution in [3.63, 3.8) is 0 Å². The molecule has 1 aliphatic carbocycles. The molecule has 1 saturated heterocycles. The zero-order chi connectivity index (χ0) is 17.2. The van der Waals surface area contributed by atoms with E-state index >= 15 is 0 Å². The fourth-order valence-electron chi connectivity index (χ4n) is 3.55. The van der Waals surface area contributed by atoms with Gasteiger partial charge in [0.2, 0.25) is 0 Å². The first-order valence-corrected chi connectivity index (χ1v) is 9.24. The second kappa shape index (κ2) is 7.04. The van der Waals surface area contributed by atoms with Gasteiger partial charge in [-0.2, -0.15) is 0 Å². The van der Waals surface area contributed by atoms with Crippen LogP contribution in [-0.2, 0) is 6.54 Å². The maximum absolute atomic E-state index is 4.76. The third-order valence-electron chi connectivity index (χ3n) is 5.32. The minimum absolute atomic E-state index is 0.540. The lowest BCUT2D eigenvalue weighted by Gasteiger charge is -2.37. The van der Waals surface area contributed by atoms with Crippen molar-refractivity contribution in [2.24, 2.45) is 0 Å². The van der Waals surface area contributed by atoms with Crippen molar-refractivity contribution in [1.82, 2.24) is 24.8 Å². The molecule has 0 atom stereocenters. The number of aryl methyl sites for hydroxylation is 1. The molecule has 0 aromatic carbocycles. The van der Waals surface area contributed by atoms with Crippen LogP contribution in [0, 0.1) is 6.92 Å². The van der Waals surface area contributed by atoms with Crippen LogP contribution in [-0.4, -0.2) is 51.0 Å². The summed E-state index contributed by atoms with van der Waals surface area (Å²) in [4.78, 5) is 22.6. The molecule has 0 bridgehead atoms. The van der Waals surface area contributed by atoms with Gasteiger partial charge in [-0.05, 0) is 38.7 Å². The second-order valence-electron chi connectivity index (χ2n) is 7.32. The van der Waals surface area contributed by atoms with E-state index in [4.69, 9.17) is 4.98 Å². The molecule has 6 heteroatoms. The summed E-state index contributed by atoms with van der Waals surface area (Å²) in [7, 11) is 2.15. The lowest BCUT2D eigenvalue weighted by atomic mass is 10.0. The summed E-state index contributed by atoms with van der Waals surface area (Å²) >= 11 is 0. The lowest BCUT2D eigenvalue weighted by Crippen LogP contribution is -2.43. The Balaban J connectivity index is 1.33. The quantitative estimate of drug-likeness (QED) is 0.835. The number of likely N-dealkylation sites (tertiary alicyclic amines) is 1. The molecule has 0 N–H and O–H groups in total. The van der Waals surface area contributed by atoms with Gasteiger partial charge in [-0.3, -0.25) is 4.90 Å². The van der Waals surface area contributed by atoms with Gasteiger partial charge in [-0.25, -0.2) is 19.9 Å². The van der Waals surface area contributed by atoms with Gasteiger partial charge >= 0.3 is 0 Å². The minimum Gasteiger partial charge on any atom is -0.356 e. The van der Waals surface area contributed by atoms with E-state index in [9.17, 15) is 0 Å². The number of rotatable bonds is 5. The van der Waals surface area contributed by atoms with Crippen LogP contribution in [0.5, 0.6) is 0 Å². The Morgan fingerprint density at radius 2 is 1.92 bits per heavy atom. The molecule has 0 amide bonds. The van der Waals surface area contributed by atoms with Crippen molar-refractivity contribution >= 4 is 5.82 Å². The van der Waals surface area contributed by atoms with Gasteiger partial charge in [-0.1, -0.05) is 0 Å². The van der Waals surface area contributed by atoms with Gasteiger partial charge in [-0.15, -0.1) is 0 Å². The number of anilines is 1. The molecule has 2 aromatic rings. The Labute approximate surface area is 149 Å². The molecule has 1 aliphatic heterocycles. The van der Waals surface area contributed by atoms with Crippen molar-refractivity contribution in [3.8, 4) is 0 Å². The summed E-state index contributed by atoms with van der Waals surface area (Å²) in [5.74, 6) is 2.69. The van der Waals surface area contributed by atoms with Crippen molar-refractivity contribution in [3.05, 3.63) is 41.9 Å². The Bertz CT molecular complexity index is 721. The van der Waals surface area contributed by atoms with Gasteiger partial charge < -0.3 is 4.90 Å². The van der Waals surface area contributed by atoms with Crippen LogP contribution in [0.25, 0.3) is 0 Å². The predicted octanol–water partition coefficient (Wildman–Crippen LogP) is 2.55. The van der Waals surface area contributed by atoms with Crippen molar-refractivity contribution in [1.29, 1.82) is 0 Å². The zero-order valence-electron chi connectivity index (χ0n) is 15.1. The van der Waals surface area contributed by atoms with E-state index in [1.807, 2.05) is 13.1 Å². The monoisotopic (exact) mass is 338 g/mol. The molecule has 6 nitrogen and oxygen atoms in total. The maximum atomic E-state index is 4.76. The van der Waals surface area contributed by atoms with Crippen LogP contribution in [0.15, 0.2) is 24.7 Å². The van der Waals surface area contributed by atoms with Gasteiger partial charge in [0.15, 0.2) is 0 Å². The maximum Gasteiger partial charge on any atom is 0.132 e. The molecule has 4 rings (SSSR count). The van der Waals surface area contributed by atoms with Gasteiger partial charge in [0, 0.05) is 56.6 Å². The van der Waals surface area contributed by atoms with Crippen LogP contribution < -0.4 is 4.90 Å². The fraction of sp³-hybridized carbons (Fsp3) is 0.579. The van der Waals surface area contributed by atoms with Crippen LogP contribution in [0.4, 0.5) is 5.82 Å². The Hall–Kier alpha value is -2.08. The van der Waals surface area contributed by atoms with E-state index < -0.39 is 0 Å². The lowest BCUT2D eigenvalue weighted by molar-refractivity contribution is 0.201. The number of nitrogens with zero attached hydrogens (tertiary/aromatic N) is 6. The molecule has 0 radical (unpaired) electrons. The average molecular weight is 338 g/mol. The first kappa shape index (κ1) is 16.4. The highest BCUT2D eigenvalue weighted by Gasteiger charge is 2.27. The first-order valence-electron chi connectivity index (χ1n) is 9.24. The first-order chi connectivity index (χ1) is 12.2. The number of piperidine rings is 1. The Morgan fingerprint density at radius 1 is 1.12 bits per heavy atom. The number of aromatic nitrogens is 4. The number of hydrogen-bond acceptors (Lipinski definition) is 6. The summed E-state index contributed by atoms with van der Waals surface area (Å²) in [6.45, 7) is 5.15. The van der Waals surface area contributed by atoms with Crippen molar-refractivity contribution < 1.29 is 0 Å². The molecule has 2 aliphatic rings. The molecule has 1 saturated carbocycles. The van der Waals surface area contributed by atoms with Crippen LogP contribution >= 0.6 is 0 Å². The summed E-state index contributed by atoms with van der Waals surface area (Å²) in [6.07, 6.45) is 8.39. The van der Waals surface area contributed by atoms with Crippen LogP contribution in [0.2, 0.25) is 0 Å². The molecular formula is C19H26N6. The topological polar surface area (TPSA) is 58.0 Å². The SMILES string of the molecule is Cc1cc(N(C)C2CCN(Cc3ccnc(C4CC4)n3)CC2)ncn1. The van der Waals surface area contributed by atoms with E-state index in [0.29, 0.717) is 12.0 Å². The highest BCUT2D eigenvalue weighted by molar-refractivity contribution is 5.39. The van der Waals surface area contributed by atoms with E-state index in [-0.39, 0.29) is 0 Å². The summed E-state index contributed by atoms with van der Waals surface area (Å²) < 4.78 is 0. The third-order valence-corrected chi connectivity index (χ3v) is 5.32. The van der Waals surface area contributed by atoms with Crippen molar-refractivity contribution in [2.75, 3.05) is 25.0 Å². The zero-order valence-corrected chi connectivity index (χ0v) is 15.1. The highest BCUT2D eigenvalue weighted by Crippen LogP contribution is 2.37. The van der Waals surface area contributed by atoms with Gasteiger partial charge in [0.25, 0.3) is 0 Å². The normalized spacial score (nSPS) is 19.1. The van der Waals surface area contributed by atoms with E-state index in [1.165, 1.54) is 12.8 Å². The highest BCUT2D eigenvalue weighted by atomic mass is 15.2. The predicted molar refractivity (Wildman–Crippen MR) is 97.5 cm³/mol. The van der Waals surface area contributed by atoms with Crippen molar-refractivity contribution in [2.45, 2.75) is 51.1 Å². The summed E-state index contributed by atoms with van der Waals surface area (Å²) in [5.41, 5.74) is 2.18. The van der Waals surface area contributed by atoms with E-state index in [0.717, 1.165) is 55.5 Å². The average Bonchev–Trinajstić information content (AvgIpc) is 3.47. The Kier molecular flexibility index (Phi) is 4.61. The molecule has 25 heavy (non-hydrogen) atoms. The molecule has 2 fully saturated rings. The Morgan fingerprint density at radius 3 is 2.64 bits per heavy atom. The van der Waals surface area contributed by atoms with Crippen LogP contribution in [0.1, 0.15) is 48.8 Å². The van der Waals surface area contributed by atoms with Crippen LogP contribution in [0.3, 0.4) is 0 Å². The smallest absolute Gasteiger partial charge is 0.132 e. The van der Waals surface area contributed by atoms with E-state index in [2.05, 4.69) is 43.9 Å². The molecule has 3 heterocycles. The standard InChI is InChI=1S/C19H26N6/c1-14-11-18(22-13-21-14)24(2)17-6-9-25(10-7-17)12-16-5-8-20-19(23-16)15-3-4-15/h5,8,11,13,15,17H,3-4,6-7,9-10,12H2,1-2H3. The second-order valence-corrected chi connectivity index (χ2v) is 7.32. The molecule has 132 valence electrons. The fourth-order valence-corrected chi connectivity index (χ4v) is 3.55. The molecule has 2 aromatic heterocycles. The molecule has 0 unspecified atom stereocenters. The molecule has 0 spiro atoms. The largest absolute Gasteiger partial charge is 0.356 e. The molecular weight excluding hydrogens is 312 g/mol. The van der Waals surface area contributed by atoms with Gasteiger partial charge in [0.05, 0.1) is 5.69 Å². The third kappa shape index (κ3) is 3.95. The van der Waals surface area contributed by atoms with E-state index in [1.54, 1.807) is 6.33 Å². The van der Waals surface area contributed by atoms with Gasteiger partial charge in [0.1, 0.15) is 18.0 Å². The summed E-state index contributed by atoms with van der Waals surface area (Å²) in [5, 5.41) is 0. The minimum atomic E-state index is 0.540. The number of hydrogen-bond donors (Lipinski definition) is 0. The summed E-state index contributed by atoms with van der Waals surface area (Å²) in [6, 6.07) is 4.67.